The third kappa shape index (κ3) is 2.17. The number of aromatic nitrogens is 1. The lowest BCUT2D eigenvalue weighted by Crippen LogP contribution is -2.32. The van der Waals surface area contributed by atoms with E-state index < -0.39 is 12.0 Å². The Morgan fingerprint density at radius 3 is 2.75 bits per heavy atom. The number of hydrogen-bond acceptors (Lipinski definition) is 3. The van der Waals surface area contributed by atoms with Gasteiger partial charge in [-0.3, -0.25) is 9.78 Å². The second-order valence-corrected chi connectivity index (χ2v) is 3.67. The van der Waals surface area contributed by atoms with Gasteiger partial charge in [-0.05, 0) is 11.5 Å². The molecule has 0 amide bonds. The highest BCUT2D eigenvalue weighted by Crippen LogP contribution is 2.13. The van der Waals surface area contributed by atoms with E-state index in [4.69, 9.17) is 10.8 Å². The lowest BCUT2D eigenvalue weighted by Gasteiger charge is -2.06. The minimum absolute atomic E-state index is 0.250. The van der Waals surface area contributed by atoms with Crippen molar-refractivity contribution in [3.63, 3.8) is 0 Å². The van der Waals surface area contributed by atoms with E-state index in [1.165, 1.54) is 0 Å². The maximum absolute atomic E-state index is 10.6. The van der Waals surface area contributed by atoms with E-state index in [-0.39, 0.29) is 6.42 Å². The zero-order valence-electron chi connectivity index (χ0n) is 8.63. The molecule has 0 saturated carbocycles. The molecule has 4 heteroatoms. The summed E-state index contributed by atoms with van der Waals surface area (Å²) in [4.78, 5) is 14.8. The van der Waals surface area contributed by atoms with Crippen molar-refractivity contribution in [1.82, 2.24) is 4.98 Å². The van der Waals surface area contributed by atoms with Gasteiger partial charge in [-0.2, -0.15) is 0 Å². The van der Waals surface area contributed by atoms with Crippen LogP contribution in [0.15, 0.2) is 36.5 Å². The molecule has 0 bridgehead atoms. The first-order valence-electron chi connectivity index (χ1n) is 4.99. The van der Waals surface area contributed by atoms with Crippen molar-refractivity contribution >= 4 is 16.7 Å². The summed E-state index contributed by atoms with van der Waals surface area (Å²) in [5.41, 5.74) is 6.16. The molecule has 0 fully saturated rings. The number of carboxylic acid groups (broad SMARTS) is 1. The molecule has 2 aromatic rings. The zero-order chi connectivity index (χ0) is 11.5. The van der Waals surface area contributed by atoms with E-state index in [2.05, 4.69) is 4.98 Å². The summed E-state index contributed by atoms with van der Waals surface area (Å²) in [6.45, 7) is 0. The van der Waals surface area contributed by atoms with Gasteiger partial charge in [0.1, 0.15) is 6.04 Å². The number of benzene rings is 1. The molecule has 1 aromatic carbocycles. The first-order valence-corrected chi connectivity index (χ1v) is 4.99. The zero-order valence-corrected chi connectivity index (χ0v) is 8.63. The second kappa shape index (κ2) is 4.28. The molecular weight excluding hydrogens is 204 g/mol. The van der Waals surface area contributed by atoms with Gasteiger partial charge < -0.3 is 10.8 Å². The van der Waals surface area contributed by atoms with Gasteiger partial charge in [0.25, 0.3) is 0 Å². The fourth-order valence-electron chi connectivity index (χ4n) is 1.55. The molecule has 82 valence electrons. The Labute approximate surface area is 92.7 Å². The van der Waals surface area contributed by atoms with Crippen LogP contribution in [0.4, 0.5) is 0 Å². The number of carboxylic acids is 1. The molecule has 1 aromatic heterocycles. The predicted octanol–water partition coefficient (Wildman–Crippen LogP) is 1.19. The van der Waals surface area contributed by atoms with Crippen molar-refractivity contribution < 1.29 is 9.90 Å². The van der Waals surface area contributed by atoms with Gasteiger partial charge in [0.2, 0.25) is 0 Å². The van der Waals surface area contributed by atoms with Crippen LogP contribution in [0.25, 0.3) is 10.8 Å². The molecule has 0 aliphatic heterocycles. The van der Waals surface area contributed by atoms with Crippen LogP contribution in [0.5, 0.6) is 0 Å². The van der Waals surface area contributed by atoms with E-state index in [1.54, 1.807) is 6.20 Å². The number of fused-ring (bicyclic) bond motifs is 1. The van der Waals surface area contributed by atoms with Crippen LogP contribution in [0.3, 0.4) is 0 Å². The van der Waals surface area contributed by atoms with Gasteiger partial charge in [-0.15, -0.1) is 0 Å². The number of nitrogens with zero attached hydrogens (tertiary/aromatic N) is 1. The van der Waals surface area contributed by atoms with Gasteiger partial charge in [0, 0.05) is 23.7 Å². The fraction of sp³-hybridized carbons (Fsp3) is 0.167. The Morgan fingerprint density at radius 1 is 1.38 bits per heavy atom. The molecule has 0 saturated heterocycles. The Balaban J connectivity index is 2.29. The van der Waals surface area contributed by atoms with E-state index in [0.717, 1.165) is 10.8 Å². The lowest BCUT2D eigenvalue weighted by atomic mass is 10.1. The largest absolute Gasteiger partial charge is 0.480 e. The van der Waals surface area contributed by atoms with Crippen molar-refractivity contribution in [2.75, 3.05) is 0 Å². The van der Waals surface area contributed by atoms with E-state index in [9.17, 15) is 4.79 Å². The van der Waals surface area contributed by atoms with Crippen LogP contribution in [-0.2, 0) is 11.2 Å². The summed E-state index contributed by atoms with van der Waals surface area (Å²) in [5, 5.41) is 10.8. The normalized spacial score (nSPS) is 12.6. The van der Waals surface area contributed by atoms with Crippen LogP contribution in [0.1, 0.15) is 5.69 Å². The summed E-state index contributed by atoms with van der Waals surface area (Å²) in [6, 6.07) is 8.78. The Hall–Kier alpha value is -1.94. The molecular formula is C12H12N2O2. The van der Waals surface area contributed by atoms with Gasteiger partial charge in [-0.1, -0.05) is 24.3 Å². The number of pyridine rings is 1. The van der Waals surface area contributed by atoms with Crippen molar-refractivity contribution in [1.29, 1.82) is 0 Å². The smallest absolute Gasteiger partial charge is 0.320 e. The van der Waals surface area contributed by atoms with E-state index >= 15 is 0 Å². The number of carbonyl (C=O) groups is 1. The molecule has 0 radical (unpaired) electrons. The summed E-state index contributed by atoms with van der Waals surface area (Å²) < 4.78 is 0. The third-order valence-corrected chi connectivity index (χ3v) is 2.43. The van der Waals surface area contributed by atoms with Crippen LogP contribution in [-0.4, -0.2) is 22.1 Å². The molecule has 0 unspecified atom stereocenters. The first-order chi connectivity index (χ1) is 7.66. The highest BCUT2D eigenvalue weighted by molar-refractivity contribution is 5.82. The van der Waals surface area contributed by atoms with Gasteiger partial charge in [0.15, 0.2) is 0 Å². The highest BCUT2D eigenvalue weighted by Gasteiger charge is 2.12. The molecule has 0 aliphatic carbocycles. The highest BCUT2D eigenvalue weighted by atomic mass is 16.4. The fourth-order valence-corrected chi connectivity index (χ4v) is 1.55. The molecule has 2 rings (SSSR count). The van der Waals surface area contributed by atoms with E-state index in [0.29, 0.717) is 5.69 Å². The number of hydrogen-bond donors (Lipinski definition) is 2. The topological polar surface area (TPSA) is 76.2 Å². The maximum atomic E-state index is 10.6. The molecule has 0 aliphatic rings. The molecule has 16 heavy (non-hydrogen) atoms. The third-order valence-electron chi connectivity index (χ3n) is 2.43. The van der Waals surface area contributed by atoms with Crippen LogP contribution < -0.4 is 5.73 Å². The average molecular weight is 216 g/mol. The number of aliphatic carboxylic acids is 1. The first kappa shape index (κ1) is 10.6. The van der Waals surface area contributed by atoms with Crippen molar-refractivity contribution in [3.05, 3.63) is 42.2 Å². The predicted molar refractivity (Wildman–Crippen MR) is 61.1 cm³/mol. The SMILES string of the molecule is N[C@H](Cc1cc2ccccc2cn1)C(=O)O. The van der Waals surface area contributed by atoms with Crippen LogP contribution in [0, 0.1) is 0 Å². The monoisotopic (exact) mass is 216 g/mol. The Morgan fingerprint density at radius 2 is 2.06 bits per heavy atom. The summed E-state index contributed by atoms with van der Waals surface area (Å²) in [6.07, 6.45) is 1.99. The van der Waals surface area contributed by atoms with E-state index in [1.807, 2.05) is 30.3 Å². The van der Waals surface area contributed by atoms with Gasteiger partial charge in [-0.25, -0.2) is 0 Å². The minimum Gasteiger partial charge on any atom is -0.480 e. The minimum atomic E-state index is -1.00. The average Bonchev–Trinajstić information content (AvgIpc) is 2.28. The van der Waals surface area contributed by atoms with Crippen LogP contribution in [0.2, 0.25) is 0 Å². The van der Waals surface area contributed by atoms with Crippen molar-refractivity contribution in [2.24, 2.45) is 5.73 Å². The number of nitrogens with two attached hydrogens (primary N) is 1. The summed E-state index contributed by atoms with van der Waals surface area (Å²) in [7, 11) is 0. The molecule has 0 spiro atoms. The number of rotatable bonds is 3. The van der Waals surface area contributed by atoms with Gasteiger partial charge >= 0.3 is 5.97 Å². The van der Waals surface area contributed by atoms with Crippen molar-refractivity contribution in [3.8, 4) is 0 Å². The molecule has 1 atom stereocenters. The van der Waals surface area contributed by atoms with Crippen LogP contribution >= 0.6 is 0 Å². The van der Waals surface area contributed by atoms with Crippen molar-refractivity contribution in [2.45, 2.75) is 12.5 Å². The summed E-state index contributed by atoms with van der Waals surface area (Å²) >= 11 is 0. The second-order valence-electron chi connectivity index (χ2n) is 3.67. The quantitative estimate of drug-likeness (QED) is 0.808. The molecule has 3 N–H and O–H groups in total. The Bertz CT molecular complexity index is 525. The maximum Gasteiger partial charge on any atom is 0.320 e. The summed E-state index contributed by atoms with van der Waals surface area (Å²) in [5.74, 6) is -1.00. The molecule has 1 heterocycles. The lowest BCUT2D eigenvalue weighted by molar-refractivity contribution is -0.138. The standard InChI is InChI=1S/C12H12N2O2/c13-11(12(15)16)6-10-5-8-3-1-2-4-9(8)7-14-10/h1-5,7,11H,6,13H2,(H,15,16)/t11-/m1/s1. The Kier molecular flexibility index (Phi) is 2.83. The molecule has 4 nitrogen and oxygen atoms in total. The van der Waals surface area contributed by atoms with Gasteiger partial charge in [0.05, 0.1) is 0 Å².